The van der Waals surface area contributed by atoms with Gasteiger partial charge < -0.3 is 25.7 Å². The van der Waals surface area contributed by atoms with Gasteiger partial charge >= 0.3 is 12.0 Å². The molecule has 2 atom stereocenters. The Morgan fingerprint density at radius 2 is 1.48 bits per heavy atom. The Bertz CT molecular complexity index is 1290. The molecule has 50 heavy (non-hydrogen) atoms. The Kier molecular flexibility index (Phi) is 14.8. The van der Waals surface area contributed by atoms with Gasteiger partial charge in [0.25, 0.3) is 0 Å². The number of unbranched alkanes of at least 4 members (excludes halogenated alkanes) is 12. The summed E-state index contributed by atoms with van der Waals surface area (Å²) in [5.74, 6) is -0.0942. The molecule has 9 nitrogen and oxygen atoms in total. The molecule has 2 heterocycles. The van der Waals surface area contributed by atoms with Crippen LogP contribution in [0.4, 0.5) is 4.79 Å². The van der Waals surface area contributed by atoms with Gasteiger partial charge in [0.05, 0.1) is 25.4 Å². The van der Waals surface area contributed by atoms with Gasteiger partial charge in [-0.2, -0.15) is 0 Å². The number of esters is 1. The van der Waals surface area contributed by atoms with Crippen LogP contribution in [0.5, 0.6) is 0 Å². The minimum atomic E-state index is -1.73. The lowest BCUT2D eigenvalue weighted by Gasteiger charge is -2.49. The van der Waals surface area contributed by atoms with Gasteiger partial charge in [0.2, 0.25) is 5.91 Å². The second kappa shape index (κ2) is 18.6. The van der Waals surface area contributed by atoms with Crippen molar-refractivity contribution in [3.8, 4) is 0 Å². The first-order valence-electron chi connectivity index (χ1n) is 19.8. The highest BCUT2D eigenvalue weighted by Gasteiger charge is 2.55. The van der Waals surface area contributed by atoms with Gasteiger partial charge in [-0.05, 0) is 38.7 Å². The van der Waals surface area contributed by atoms with Gasteiger partial charge in [0.1, 0.15) is 12.8 Å². The lowest BCUT2D eigenvalue weighted by atomic mass is 9.83. The molecular weight excluding hydrogens is 643 g/mol. The third-order valence-corrected chi connectivity index (χ3v) is 15.2. The topological polar surface area (TPSA) is 112 Å². The molecule has 4 rings (SSSR count). The molecule has 1 aromatic rings. The second-order valence-corrected chi connectivity index (χ2v) is 22.0. The molecule has 1 fully saturated rings. The number of rotatable bonds is 21. The molecule has 3 aliphatic rings. The summed E-state index contributed by atoms with van der Waals surface area (Å²) in [5, 5.41) is 6.21. The number of hydrogen-bond acceptors (Lipinski definition) is 6. The minimum absolute atomic E-state index is 0.0751. The first kappa shape index (κ1) is 39.9. The summed E-state index contributed by atoms with van der Waals surface area (Å²) in [7, 11) is -1.73. The van der Waals surface area contributed by atoms with Crippen molar-refractivity contribution in [2.75, 3.05) is 13.2 Å². The van der Waals surface area contributed by atoms with Crippen molar-refractivity contribution in [2.45, 2.75) is 172 Å². The third-order valence-electron chi connectivity index (χ3n) is 11.6. The van der Waals surface area contributed by atoms with E-state index in [1.165, 1.54) is 64.2 Å². The molecule has 1 saturated carbocycles. The summed E-state index contributed by atoms with van der Waals surface area (Å²) in [6.45, 7) is 13.6. The number of nitrogens with zero attached hydrogens (tertiary/aromatic N) is 1. The number of benzene rings is 1. The lowest BCUT2D eigenvalue weighted by Crippen LogP contribution is -2.60. The largest absolute Gasteiger partial charge is 0.463 e. The Morgan fingerprint density at radius 1 is 0.900 bits per heavy atom. The lowest BCUT2D eigenvalue weighted by molar-refractivity contribution is -0.144. The Balaban J connectivity index is 1.22. The summed E-state index contributed by atoms with van der Waals surface area (Å²) < 4.78 is 5.74. The van der Waals surface area contributed by atoms with Gasteiger partial charge in [-0.3, -0.25) is 9.59 Å². The fourth-order valence-electron chi connectivity index (χ4n) is 7.91. The molecule has 0 bridgehead atoms. The molecular formula is C40H67N5O4Si. The Morgan fingerprint density at radius 3 is 2.02 bits per heavy atom. The van der Waals surface area contributed by atoms with Crippen molar-refractivity contribution >= 4 is 26.0 Å². The van der Waals surface area contributed by atoms with Gasteiger partial charge in [0, 0.05) is 23.6 Å². The van der Waals surface area contributed by atoms with Crippen LogP contribution in [0.2, 0.25) is 24.7 Å². The van der Waals surface area contributed by atoms with Crippen LogP contribution in [0.25, 0.3) is 0 Å². The van der Waals surface area contributed by atoms with Crippen molar-refractivity contribution in [1.82, 2.24) is 26.4 Å². The zero-order valence-corrected chi connectivity index (χ0v) is 33.1. The van der Waals surface area contributed by atoms with E-state index in [0.29, 0.717) is 13.0 Å². The fraction of sp³-hybridized carbons (Fsp3) is 0.725. The van der Waals surface area contributed by atoms with Crippen LogP contribution < -0.4 is 21.5 Å². The highest BCUT2D eigenvalue weighted by molar-refractivity contribution is 6.82. The monoisotopic (exact) mass is 709 g/mol. The smallest absolute Gasteiger partial charge is 0.319 e. The molecule has 1 unspecified atom stereocenters. The number of carbonyl (C=O) groups excluding carboxylic acids is 3. The second-order valence-electron chi connectivity index (χ2n) is 16.5. The zero-order chi connectivity index (χ0) is 36.2. The fourth-order valence-corrected chi connectivity index (χ4v) is 10.5. The van der Waals surface area contributed by atoms with Gasteiger partial charge in [0.15, 0.2) is 0 Å². The van der Waals surface area contributed by atoms with E-state index in [1.54, 1.807) is 4.90 Å². The molecule has 1 aliphatic carbocycles. The van der Waals surface area contributed by atoms with Gasteiger partial charge in [-0.15, -0.1) is 0 Å². The number of nitrogens with one attached hydrogen (secondary N) is 4. The highest BCUT2D eigenvalue weighted by Crippen LogP contribution is 2.55. The molecule has 0 aromatic heterocycles. The number of hydrazine groups is 1. The van der Waals surface area contributed by atoms with E-state index >= 15 is 0 Å². The molecule has 0 saturated heterocycles. The van der Waals surface area contributed by atoms with E-state index in [-0.39, 0.29) is 35.7 Å². The summed E-state index contributed by atoms with van der Waals surface area (Å²) in [6.07, 6.45) is 19.4. The zero-order valence-electron chi connectivity index (χ0n) is 32.1. The normalized spacial score (nSPS) is 19.7. The van der Waals surface area contributed by atoms with Gasteiger partial charge in [-0.1, -0.05) is 140 Å². The van der Waals surface area contributed by atoms with E-state index in [4.69, 9.17) is 4.74 Å². The van der Waals surface area contributed by atoms with Crippen LogP contribution in [0, 0.1) is 0 Å². The number of urea groups is 1. The average Bonchev–Trinajstić information content (AvgIpc) is 3.57. The van der Waals surface area contributed by atoms with Crippen molar-refractivity contribution in [2.24, 2.45) is 0 Å². The van der Waals surface area contributed by atoms with Gasteiger partial charge in [-0.25, -0.2) is 10.2 Å². The highest BCUT2D eigenvalue weighted by atomic mass is 28.3. The van der Waals surface area contributed by atoms with Crippen LogP contribution >= 0.6 is 0 Å². The molecule has 10 heteroatoms. The van der Waals surface area contributed by atoms with Crippen LogP contribution in [0.15, 0.2) is 41.6 Å². The van der Waals surface area contributed by atoms with E-state index in [0.717, 1.165) is 55.4 Å². The first-order chi connectivity index (χ1) is 23.9. The van der Waals surface area contributed by atoms with Crippen molar-refractivity contribution in [3.63, 3.8) is 0 Å². The summed E-state index contributed by atoms with van der Waals surface area (Å²) in [6, 6.07) is 8.97. The maximum absolute atomic E-state index is 13.9. The number of carbonyl (C=O) groups is 3. The Hall–Kier alpha value is -2.85. The predicted octanol–water partition coefficient (Wildman–Crippen LogP) is 8.62. The van der Waals surface area contributed by atoms with E-state index in [2.05, 4.69) is 48.0 Å². The van der Waals surface area contributed by atoms with Crippen LogP contribution in [-0.4, -0.2) is 55.7 Å². The van der Waals surface area contributed by atoms with Crippen molar-refractivity contribution < 1.29 is 19.1 Å². The van der Waals surface area contributed by atoms with Crippen LogP contribution in [0.1, 0.15) is 142 Å². The molecule has 280 valence electrons. The van der Waals surface area contributed by atoms with E-state index in [9.17, 15) is 14.4 Å². The standard InChI is InChI=1S/C40H67N5O4Si/c1-7-8-9-10-11-12-13-14-15-16-17-18-22-26-34(46)49-30-33(31-24-20-19-21-25-31)41-38(48)45-29-32-35(39(45,2)3)43-44-36(32)42-37(47)40(27-23-28-40)50(4,5)6/h19-21,24-25,33,36,43-44H,7-18,22-23,26-30H2,1-6H3,(H,41,48)(H,42,47)/t33-,36?/m1/s1. The molecule has 0 spiro atoms. The van der Waals surface area contributed by atoms with Crippen LogP contribution in [0.3, 0.4) is 0 Å². The number of amides is 3. The van der Waals surface area contributed by atoms with Crippen molar-refractivity contribution in [3.05, 3.63) is 47.2 Å². The van der Waals surface area contributed by atoms with E-state index in [1.807, 2.05) is 44.2 Å². The molecule has 3 amide bonds. The molecule has 2 aliphatic heterocycles. The SMILES string of the molecule is CCCCCCCCCCCCCCCC(=O)OC[C@@H](NC(=O)N1CC2=C(NNC2NC(=O)C2([Si](C)(C)C)CCC2)C1(C)C)c1ccccc1. The third kappa shape index (κ3) is 10.1. The predicted molar refractivity (Wildman–Crippen MR) is 205 cm³/mol. The first-order valence-corrected chi connectivity index (χ1v) is 23.3. The summed E-state index contributed by atoms with van der Waals surface area (Å²) >= 11 is 0. The summed E-state index contributed by atoms with van der Waals surface area (Å²) in [4.78, 5) is 42.1. The van der Waals surface area contributed by atoms with Crippen molar-refractivity contribution in [1.29, 1.82) is 0 Å². The van der Waals surface area contributed by atoms with Crippen LogP contribution in [-0.2, 0) is 14.3 Å². The quantitative estimate of drug-likeness (QED) is 0.0578. The number of hydrogen-bond donors (Lipinski definition) is 4. The summed E-state index contributed by atoms with van der Waals surface area (Å²) in [5.41, 5.74) is 8.69. The molecule has 4 N–H and O–H groups in total. The Labute approximate surface area is 303 Å². The molecule has 0 radical (unpaired) electrons. The number of ether oxygens (including phenoxy) is 1. The minimum Gasteiger partial charge on any atom is -0.463 e. The van der Waals surface area contributed by atoms with E-state index < -0.39 is 19.7 Å². The maximum Gasteiger partial charge on any atom is 0.319 e. The molecule has 1 aromatic carbocycles. The maximum atomic E-state index is 13.9. The average molecular weight is 710 g/mol.